The standard InChI is InChI=1S/C10H20N2O/c1-3-6-12-10(7-11,8-13-2)9-4-5-9/h3,9,12H,1,4-8,11H2,2H3. The lowest BCUT2D eigenvalue weighted by atomic mass is 9.94. The van der Waals surface area contributed by atoms with E-state index in [-0.39, 0.29) is 5.54 Å². The molecule has 3 heteroatoms. The van der Waals surface area contributed by atoms with Gasteiger partial charge in [0.2, 0.25) is 0 Å². The highest BCUT2D eigenvalue weighted by Gasteiger charge is 2.43. The highest BCUT2D eigenvalue weighted by molar-refractivity contribution is 5.02. The molecule has 0 radical (unpaired) electrons. The molecule has 76 valence electrons. The van der Waals surface area contributed by atoms with Crippen molar-refractivity contribution in [2.45, 2.75) is 18.4 Å². The quantitative estimate of drug-likeness (QED) is 0.567. The second-order valence-electron chi connectivity index (χ2n) is 3.74. The van der Waals surface area contributed by atoms with Gasteiger partial charge in [-0.05, 0) is 18.8 Å². The van der Waals surface area contributed by atoms with Crippen LogP contribution in [0, 0.1) is 5.92 Å². The molecule has 3 nitrogen and oxygen atoms in total. The van der Waals surface area contributed by atoms with Crippen LogP contribution in [0.4, 0.5) is 0 Å². The molecule has 13 heavy (non-hydrogen) atoms. The van der Waals surface area contributed by atoms with Crippen LogP contribution in [-0.4, -0.2) is 32.3 Å². The van der Waals surface area contributed by atoms with Crippen LogP contribution in [0.2, 0.25) is 0 Å². The molecule has 0 bridgehead atoms. The lowest BCUT2D eigenvalue weighted by Gasteiger charge is -2.33. The Hall–Kier alpha value is -0.380. The monoisotopic (exact) mass is 184 g/mol. The Morgan fingerprint density at radius 2 is 2.38 bits per heavy atom. The summed E-state index contributed by atoms with van der Waals surface area (Å²) in [4.78, 5) is 0. The third-order valence-corrected chi connectivity index (χ3v) is 2.72. The Bertz CT molecular complexity index is 168. The molecule has 0 amide bonds. The number of hydrogen-bond donors (Lipinski definition) is 2. The predicted octanol–water partition coefficient (Wildman–Crippen LogP) is 0.516. The summed E-state index contributed by atoms with van der Waals surface area (Å²) in [6.07, 6.45) is 4.40. The fourth-order valence-corrected chi connectivity index (χ4v) is 1.78. The topological polar surface area (TPSA) is 47.3 Å². The summed E-state index contributed by atoms with van der Waals surface area (Å²) < 4.78 is 5.22. The molecular weight excluding hydrogens is 164 g/mol. The number of methoxy groups -OCH3 is 1. The molecule has 0 aromatic rings. The average molecular weight is 184 g/mol. The van der Waals surface area contributed by atoms with Crippen LogP contribution in [-0.2, 0) is 4.74 Å². The van der Waals surface area contributed by atoms with Gasteiger partial charge in [-0.1, -0.05) is 6.08 Å². The van der Waals surface area contributed by atoms with Gasteiger partial charge in [0.25, 0.3) is 0 Å². The Morgan fingerprint density at radius 3 is 2.77 bits per heavy atom. The molecule has 1 aliphatic rings. The highest BCUT2D eigenvalue weighted by atomic mass is 16.5. The molecule has 1 fully saturated rings. The third kappa shape index (κ3) is 2.53. The molecule has 3 N–H and O–H groups in total. The fraction of sp³-hybridized carbons (Fsp3) is 0.800. The van der Waals surface area contributed by atoms with Crippen molar-refractivity contribution < 1.29 is 4.74 Å². The van der Waals surface area contributed by atoms with Gasteiger partial charge in [-0.3, -0.25) is 0 Å². The summed E-state index contributed by atoms with van der Waals surface area (Å²) in [6.45, 7) is 5.83. The van der Waals surface area contributed by atoms with Gasteiger partial charge in [0.1, 0.15) is 0 Å². The van der Waals surface area contributed by atoms with Crippen molar-refractivity contribution in [1.82, 2.24) is 5.32 Å². The van der Waals surface area contributed by atoms with E-state index in [1.807, 2.05) is 6.08 Å². The van der Waals surface area contributed by atoms with E-state index in [9.17, 15) is 0 Å². The van der Waals surface area contributed by atoms with Crippen molar-refractivity contribution in [2.24, 2.45) is 11.7 Å². The zero-order chi connectivity index (χ0) is 9.73. The van der Waals surface area contributed by atoms with Gasteiger partial charge < -0.3 is 15.8 Å². The van der Waals surface area contributed by atoms with E-state index in [0.29, 0.717) is 19.1 Å². The zero-order valence-corrected chi connectivity index (χ0v) is 8.38. The van der Waals surface area contributed by atoms with E-state index in [1.165, 1.54) is 12.8 Å². The van der Waals surface area contributed by atoms with Crippen molar-refractivity contribution in [3.8, 4) is 0 Å². The zero-order valence-electron chi connectivity index (χ0n) is 8.38. The first-order valence-electron chi connectivity index (χ1n) is 4.84. The molecule has 0 spiro atoms. The predicted molar refractivity (Wildman–Crippen MR) is 54.6 cm³/mol. The van der Waals surface area contributed by atoms with Crippen LogP contribution in [0.15, 0.2) is 12.7 Å². The SMILES string of the molecule is C=CCNC(CN)(COC)C1CC1. The molecule has 0 heterocycles. The molecule has 1 unspecified atom stereocenters. The Labute approximate surface area is 80.3 Å². The minimum atomic E-state index is -0.0110. The molecule has 0 aliphatic heterocycles. The van der Waals surface area contributed by atoms with Crippen LogP contribution in [0.3, 0.4) is 0 Å². The van der Waals surface area contributed by atoms with Crippen molar-refractivity contribution in [3.05, 3.63) is 12.7 Å². The first-order chi connectivity index (χ1) is 6.29. The van der Waals surface area contributed by atoms with E-state index >= 15 is 0 Å². The number of rotatable bonds is 7. The smallest absolute Gasteiger partial charge is 0.0659 e. The van der Waals surface area contributed by atoms with Gasteiger partial charge in [0, 0.05) is 20.2 Å². The lowest BCUT2D eigenvalue weighted by Crippen LogP contribution is -2.56. The average Bonchev–Trinajstić information content (AvgIpc) is 2.96. The maximum Gasteiger partial charge on any atom is 0.0659 e. The second-order valence-corrected chi connectivity index (χ2v) is 3.74. The number of nitrogens with two attached hydrogens (primary N) is 1. The minimum Gasteiger partial charge on any atom is -0.383 e. The molecule has 1 aliphatic carbocycles. The summed E-state index contributed by atoms with van der Waals surface area (Å²) in [7, 11) is 1.72. The summed E-state index contributed by atoms with van der Waals surface area (Å²) in [5.74, 6) is 0.692. The molecule has 1 saturated carbocycles. The molecule has 0 saturated heterocycles. The van der Waals surface area contributed by atoms with E-state index in [0.717, 1.165) is 6.54 Å². The van der Waals surface area contributed by atoms with Crippen LogP contribution in [0.5, 0.6) is 0 Å². The largest absolute Gasteiger partial charge is 0.383 e. The normalized spacial score (nSPS) is 21.1. The molecule has 0 aromatic heterocycles. The van der Waals surface area contributed by atoms with Crippen molar-refractivity contribution >= 4 is 0 Å². The fourth-order valence-electron chi connectivity index (χ4n) is 1.78. The summed E-state index contributed by atoms with van der Waals surface area (Å²) in [5, 5.41) is 3.43. The van der Waals surface area contributed by atoms with Crippen LogP contribution < -0.4 is 11.1 Å². The second kappa shape index (κ2) is 4.74. The molecule has 0 aromatic carbocycles. The maximum absolute atomic E-state index is 5.80. The number of nitrogens with one attached hydrogen (secondary N) is 1. The molecule has 1 rings (SSSR count). The first-order valence-corrected chi connectivity index (χ1v) is 4.84. The van der Waals surface area contributed by atoms with E-state index in [2.05, 4.69) is 11.9 Å². The summed E-state index contributed by atoms with van der Waals surface area (Å²) >= 11 is 0. The van der Waals surface area contributed by atoms with Crippen LogP contribution in [0.1, 0.15) is 12.8 Å². The van der Waals surface area contributed by atoms with Crippen LogP contribution >= 0.6 is 0 Å². The Morgan fingerprint density at radius 1 is 1.69 bits per heavy atom. The lowest BCUT2D eigenvalue weighted by molar-refractivity contribution is 0.101. The van der Waals surface area contributed by atoms with Gasteiger partial charge >= 0.3 is 0 Å². The Kier molecular flexibility index (Phi) is 3.90. The number of hydrogen-bond acceptors (Lipinski definition) is 3. The summed E-state index contributed by atoms with van der Waals surface area (Å²) in [5.41, 5.74) is 5.79. The maximum atomic E-state index is 5.80. The van der Waals surface area contributed by atoms with Gasteiger partial charge in [0.05, 0.1) is 12.1 Å². The Balaban J connectivity index is 2.51. The van der Waals surface area contributed by atoms with Gasteiger partial charge in [-0.2, -0.15) is 0 Å². The van der Waals surface area contributed by atoms with E-state index < -0.39 is 0 Å². The first kappa shape index (κ1) is 10.7. The summed E-state index contributed by atoms with van der Waals surface area (Å²) in [6, 6.07) is 0. The van der Waals surface area contributed by atoms with Gasteiger partial charge in [-0.25, -0.2) is 0 Å². The van der Waals surface area contributed by atoms with Crippen molar-refractivity contribution in [2.75, 3.05) is 26.8 Å². The van der Waals surface area contributed by atoms with E-state index in [4.69, 9.17) is 10.5 Å². The number of ether oxygens (including phenoxy) is 1. The minimum absolute atomic E-state index is 0.0110. The van der Waals surface area contributed by atoms with Crippen LogP contribution in [0.25, 0.3) is 0 Å². The van der Waals surface area contributed by atoms with Gasteiger partial charge in [0.15, 0.2) is 0 Å². The third-order valence-electron chi connectivity index (χ3n) is 2.72. The van der Waals surface area contributed by atoms with Gasteiger partial charge in [-0.15, -0.1) is 6.58 Å². The molecular formula is C10H20N2O. The van der Waals surface area contributed by atoms with E-state index in [1.54, 1.807) is 7.11 Å². The van der Waals surface area contributed by atoms with Crippen molar-refractivity contribution in [3.63, 3.8) is 0 Å². The molecule has 1 atom stereocenters. The highest BCUT2D eigenvalue weighted by Crippen LogP contribution is 2.39. The van der Waals surface area contributed by atoms with Crippen molar-refractivity contribution in [1.29, 1.82) is 0 Å².